The van der Waals surface area contributed by atoms with Gasteiger partial charge in [0.2, 0.25) is 0 Å². The smallest absolute Gasteiger partial charge is 0.0630 e. The van der Waals surface area contributed by atoms with Crippen molar-refractivity contribution in [1.82, 2.24) is 4.90 Å². The third-order valence-corrected chi connectivity index (χ3v) is 1.50. The maximum Gasteiger partial charge on any atom is 0.0630 e. The lowest BCUT2D eigenvalue weighted by Crippen LogP contribution is -2.35. The van der Waals surface area contributed by atoms with Crippen LogP contribution in [-0.2, 0) is 4.74 Å². The van der Waals surface area contributed by atoms with Gasteiger partial charge in [0, 0.05) is 19.1 Å². The summed E-state index contributed by atoms with van der Waals surface area (Å²) in [5, 5.41) is 0. The minimum absolute atomic E-state index is 0.206. The van der Waals surface area contributed by atoms with Crippen molar-refractivity contribution in [2.75, 3.05) is 33.4 Å². The van der Waals surface area contributed by atoms with Crippen molar-refractivity contribution in [3.63, 3.8) is 0 Å². The fourth-order valence-electron chi connectivity index (χ4n) is 0.999. The summed E-state index contributed by atoms with van der Waals surface area (Å²) in [6.07, 6.45) is 0. The van der Waals surface area contributed by atoms with Gasteiger partial charge >= 0.3 is 0 Å². The minimum atomic E-state index is 0.206. The first-order valence-corrected chi connectivity index (χ1v) is 3.31. The first-order valence-electron chi connectivity index (χ1n) is 3.31. The molecule has 2 N–H and O–H groups in total. The van der Waals surface area contributed by atoms with E-state index in [1.807, 2.05) is 0 Å². The minimum Gasteiger partial charge on any atom is -0.378 e. The van der Waals surface area contributed by atoms with Crippen molar-refractivity contribution in [1.29, 1.82) is 0 Å². The summed E-state index contributed by atoms with van der Waals surface area (Å²) in [5.41, 5.74) is 5.66. The van der Waals surface area contributed by atoms with Crippen LogP contribution in [0.25, 0.3) is 0 Å². The number of likely N-dealkylation sites (N-methyl/N-ethyl adjacent to an activating group) is 1. The standard InChI is InChI=1S/C6H14N2O/c1-8-2-3-9-5-6(7)4-8/h6H,2-5,7H2,1H3/t6-/m0/s1. The Morgan fingerprint density at radius 2 is 2.44 bits per heavy atom. The van der Waals surface area contributed by atoms with Gasteiger partial charge in [0.1, 0.15) is 0 Å². The molecule has 0 bridgehead atoms. The Hall–Kier alpha value is -0.120. The second kappa shape index (κ2) is 3.15. The van der Waals surface area contributed by atoms with E-state index in [2.05, 4.69) is 11.9 Å². The Bertz CT molecular complexity index is 77.1. The van der Waals surface area contributed by atoms with Gasteiger partial charge in [-0.2, -0.15) is 0 Å². The van der Waals surface area contributed by atoms with E-state index in [-0.39, 0.29) is 6.04 Å². The zero-order chi connectivity index (χ0) is 6.69. The maximum absolute atomic E-state index is 5.66. The highest BCUT2D eigenvalue weighted by molar-refractivity contribution is 4.67. The molecule has 0 aromatic rings. The zero-order valence-corrected chi connectivity index (χ0v) is 5.84. The number of hydrogen-bond acceptors (Lipinski definition) is 3. The average molecular weight is 130 g/mol. The van der Waals surface area contributed by atoms with Crippen LogP contribution in [-0.4, -0.2) is 44.3 Å². The molecule has 0 radical (unpaired) electrons. The molecule has 9 heavy (non-hydrogen) atoms. The van der Waals surface area contributed by atoms with Crippen molar-refractivity contribution in [3.05, 3.63) is 0 Å². The van der Waals surface area contributed by atoms with Crippen molar-refractivity contribution in [2.45, 2.75) is 6.04 Å². The van der Waals surface area contributed by atoms with E-state index in [9.17, 15) is 0 Å². The predicted octanol–water partition coefficient (Wildman–Crippen LogP) is -0.724. The summed E-state index contributed by atoms with van der Waals surface area (Å²) >= 11 is 0. The van der Waals surface area contributed by atoms with Gasteiger partial charge in [-0.1, -0.05) is 0 Å². The molecular formula is C6H14N2O. The average Bonchev–Trinajstić information content (AvgIpc) is 1.93. The Morgan fingerprint density at radius 1 is 1.67 bits per heavy atom. The molecule has 0 aromatic carbocycles. The van der Waals surface area contributed by atoms with Gasteiger partial charge in [0.15, 0.2) is 0 Å². The molecule has 0 aromatic heterocycles. The van der Waals surface area contributed by atoms with Crippen LogP contribution in [0.4, 0.5) is 0 Å². The molecule has 1 atom stereocenters. The Morgan fingerprint density at radius 3 is 3.22 bits per heavy atom. The van der Waals surface area contributed by atoms with E-state index in [4.69, 9.17) is 10.5 Å². The Kier molecular flexibility index (Phi) is 2.45. The fraction of sp³-hybridized carbons (Fsp3) is 1.00. The predicted molar refractivity (Wildman–Crippen MR) is 36.3 cm³/mol. The van der Waals surface area contributed by atoms with E-state index in [1.54, 1.807) is 0 Å². The SMILES string of the molecule is CN1CCOC[C@@H](N)C1. The molecule has 0 aliphatic carbocycles. The van der Waals surface area contributed by atoms with Crippen LogP contribution in [0.2, 0.25) is 0 Å². The van der Waals surface area contributed by atoms with E-state index in [0.717, 1.165) is 19.7 Å². The second-order valence-electron chi connectivity index (χ2n) is 2.60. The van der Waals surface area contributed by atoms with Crippen LogP contribution in [0.5, 0.6) is 0 Å². The van der Waals surface area contributed by atoms with Gasteiger partial charge in [0.25, 0.3) is 0 Å². The van der Waals surface area contributed by atoms with Crippen LogP contribution in [0.3, 0.4) is 0 Å². The van der Waals surface area contributed by atoms with E-state index in [1.165, 1.54) is 0 Å². The highest BCUT2D eigenvalue weighted by atomic mass is 16.5. The summed E-state index contributed by atoms with van der Waals surface area (Å²) in [4.78, 5) is 2.19. The lowest BCUT2D eigenvalue weighted by atomic mass is 10.3. The number of rotatable bonds is 0. The molecule has 1 heterocycles. The van der Waals surface area contributed by atoms with Gasteiger partial charge in [-0.3, -0.25) is 0 Å². The van der Waals surface area contributed by atoms with Crippen LogP contribution >= 0.6 is 0 Å². The number of ether oxygens (including phenoxy) is 1. The summed E-state index contributed by atoms with van der Waals surface area (Å²) < 4.78 is 5.21. The van der Waals surface area contributed by atoms with Crippen LogP contribution in [0.15, 0.2) is 0 Å². The van der Waals surface area contributed by atoms with Crippen LogP contribution in [0.1, 0.15) is 0 Å². The zero-order valence-electron chi connectivity index (χ0n) is 5.84. The largest absolute Gasteiger partial charge is 0.378 e. The lowest BCUT2D eigenvalue weighted by molar-refractivity contribution is 0.138. The molecular weight excluding hydrogens is 116 g/mol. The van der Waals surface area contributed by atoms with Gasteiger partial charge in [0.05, 0.1) is 13.2 Å². The molecule has 0 unspecified atom stereocenters. The first-order chi connectivity index (χ1) is 4.29. The molecule has 3 nitrogen and oxygen atoms in total. The number of nitrogens with zero attached hydrogens (tertiary/aromatic N) is 1. The topological polar surface area (TPSA) is 38.5 Å². The highest BCUT2D eigenvalue weighted by Crippen LogP contribution is 1.93. The number of nitrogens with two attached hydrogens (primary N) is 1. The molecule has 1 rings (SSSR count). The normalized spacial score (nSPS) is 32.0. The molecule has 1 aliphatic rings. The summed E-state index contributed by atoms with van der Waals surface area (Å²) in [6, 6.07) is 0.206. The molecule has 1 saturated heterocycles. The van der Waals surface area contributed by atoms with Crippen molar-refractivity contribution in [3.8, 4) is 0 Å². The quantitative estimate of drug-likeness (QED) is 0.470. The van der Waals surface area contributed by atoms with Crippen molar-refractivity contribution in [2.24, 2.45) is 5.73 Å². The second-order valence-corrected chi connectivity index (χ2v) is 2.60. The van der Waals surface area contributed by atoms with Gasteiger partial charge in [-0.05, 0) is 7.05 Å². The van der Waals surface area contributed by atoms with Crippen LogP contribution < -0.4 is 5.73 Å². The van der Waals surface area contributed by atoms with E-state index >= 15 is 0 Å². The van der Waals surface area contributed by atoms with Gasteiger partial charge < -0.3 is 15.4 Å². The van der Waals surface area contributed by atoms with E-state index < -0.39 is 0 Å². The fourth-order valence-corrected chi connectivity index (χ4v) is 0.999. The summed E-state index contributed by atoms with van der Waals surface area (Å²) in [6.45, 7) is 3.50. The van der Waals surface area contributed by atoms with Gasteiger partial charge in [-0.25, -0.2) is 0 Å². The third kappa shape index (κ3) is 2.30. The Balaban J connectivity index is 2.29. The molecule has 0 amide bonds. The molecule has 0 spiro atoms. The molecule has 3 heteroatoms. The highest BCUT2D eigenvalue weighted by Gasteiger charge is 2.10. The number of hydrogen-bond donors (Lipinski definition) is 1. The first kappa shape index (κ1) is 6.99. The third-order valence-electron chi connectivity index (χ3n) is 1.50. The summed E-state index contributed by atoms with van der Waals surface area (Å²) in [5.74, 6) is 0. The van der Waals surface area contributed by atoms with Crippen molar-refractivity contribution >= 4 is 0 Å². The molecule has 54 valence electrons. The van der Waals surface area contributed by atoms with Gasteiger partial charge in [-0.15, -0.1) is 0 Å². The molecule has 1 fully saturated rings. The maximum atomic E-state index is 5.66. The lowest BCUT2D eigenvalue weighted by Gasteiger charge is -2.13. The summed E-state index contributed by atoms with van der Waals surface area (Å²) in [7, 11) is 2.06. The Labute approximate surface area is 55.8 Å². The van der Waals surface area contributed by atoms with Crippen molar-refractivity contribution < 1.29 is 4.74 Å². The monoisotopic (exact) mass is 130 g/mol. The van der Waals surface area contributed by atoms with E-state index in [0.29, 0.717) is 6.61 Å². The molecule has 1 aliphatic heterocycles. The molecule has 0 saturated carbocycles. The van der Waals surface area contributed by atoms with Crippen LogP contribution in [0, 0.1) is 0 Å².